The number of nitrogens with one attached hydrogen (secondary N) is 2. The van der Waals surface area contributed by atoms with E-state index in [4.69, 9.17) is 4.98 Å². The number of nitrogens with zero attached hydrogens (tertiary/aromatic N) is 5. The van der Waals surface area contributed by atoms with E-state index in [-0.39, 0.29) is 11.6 Å². The third kappa shape index (κ3) is 2.95. The summed E-state index contributed by atoms with van der Waals surface area (Å²) < 4.78 is 13.4. The average Bonchev–Trinajstić information content (AvgIpc) is 3.43. The number of pyridine rings is 3. The van der Waals surface area contributed by atoms with Crippen molar-refractivity contribution in [1.29, 1.82) is 0 Å². The van der Waals surface area contributed by atoms with E-state index in [1.165, 1.54) is 18.3 Å². The van der Waals surface area contributed by atoms with Crippen molar-refractivity contribution in [3.05, 3.63) is 73.1 Å². The number of benzene rings is 1. The predicted octanol–water partition coefficient (Wildman–Crippen LogP) is 4.47. The summed E-state index contributed by atoms with van der Waals surface area (Å²) in [5, 5.41) is 17.8. The lowest BCUT2D eigenvalue weighted by molar-refractivity contribution is 0.473. The number of H-pyrrole nitrogens is 2. The van der Waals surface area contributed by atoms with Crippen LogP contribution in [0.1, 0.15) is 0 Å². The predicted molar refractivity (Wildman–Crippen MR) is 117 cm³/mol. The highest BCUT2D eigenvalue weighted by molar-refractivity contribution is 5.96. The number of aromatic hydroxyl groups is 1. The molecule has 0 amide bonds. The summed E-state index contributed by atoms with van der Waals surface area (Å²) in [6.45, 7) is 0. The number of imidazole rings is 1. The van der Waals surface area contributed by atoms with E-state index in [1.54, 1.807) is 36.8 Å². The summed E-state index contributed by atoms with van der Waals surface area (Å²) in [5.41, 5.74) is 5.63. The molecule has 9 heteroatoms. The van der Waals surface area contributed by atoms with Crippen molar-refractivity contribution >= 4 is 22.2 Å². The number of aromatic nitrogens is 7. The van der Waals surface area contributed by atoms with Crippen molar-refractivity contribution in [2.45, 2.75) is 0 Å². The molecule has 0 spiro atoms. The van der Waals surface area contributed by atoms with Crippen LogP contribution in [0.4, 0.5) is 4.39 Å². The van der Waals surface area contributed by atoms with Crippen molar-refractivity contribution in [1.82, 2.24) is 35.1 Å². The fraction of sp³-hybridized carbons (Fsp3) is 0. The lowest BCUT2D eigenvalue weighted by Crippen LogP contribution is -1.85. The first kappa shape index (κ1) is 18.1. The van der Waals surface area contributed by atoms with Gasteiger partial charge in [-0.15, -0.1) is 0 Å². The van der Waals surface area contributed by atoms with Gasteiger partial charge in [0.15, 0.2) is 17.1 Å². The SMILES string of the molecule is Oc1cncc(-c2cnc3[nH]nc(-c4nc5c(-c6ccc(F)cc6)ccnc5[nH]4)c3c2)c1. The van der Waals surface area contributed by atoms with E-state index >= 15 is 0 Å². The van der Waals surface area contributed by atoms with Crippen LogP contribution in [0.5, 0.6) is 5.75 Å². The maximum absolute atomic E-state index is 13.4. The van der Waals surface area contributed by atoms with E-state index in [2.05, 4.69) is 30.1 Å². The largest absolute Gasteiger partial charge is 0.506 e. The van der Waals surface area contributed by atoms with Gasteiger partial charge in [-0.2, -0.15) is 5.10 Å². The number of hydrogen-bond donors (Lipinski definition) is 3. The molecule has 5 heterocycles. The fourth-order valence-corrected chi connectivity index (χ4v) is 3.71. The van der Waals surface area contributed by atoms with E-state index in [0.717, 1.165) is 27.6 Å². The Morgan fingerprint density at radius 1 is 0.844 bits per heavy atom. The third-order valence-electron chi connectivity index (χ3n) is 5.24. The van der Waals surface area contributed by atoms with Gasteiger partial charge >= 0.3 is 0 Å². The molecule has 0 saturated carbocycles. The molecule has 32 heavy (non-hydrogen) atoms. The third-order valence-corrected chi connectivity index (χ3v) is 5.24. The molecule has 0 aliphatic rings. The van der Waals surface area contributed by atoms with Crippen molar-refractivity contribution in [3.63, 3.8) is 0 Å². The van der Waals surface area contributed by atoms with Gasteiger partial charge in [-0.05, 0) is 35.9 Å². The summed E-state index contributed by atoms with van der Waals surface area (Å²) in [5.74, 6) is 0.308. The molecule has 0 atom stereocenters. The van der Waals surface area contributed by atoms with E-state index < -0.39 is 0 Å². The lowest BCUT2D eigenvalue weighted by Gasteiger charge is -2.02. The molecule has 0 aliphatic carbocycles. The van der Waals surface area contributed by atoms with Crippen LogP contribution in [0.2, 0.25) is 0 Å². The second kappa shape index (κ2) is 6.95. The van der Waals surface area contributed by atoms with Gasteiger partial charge in [-0.25, -0.2) is 19.3 Å². The minimum absolute atomic E-state index is 0.0756. The van der Waals surface area contributed by atoms with Crippen molar-refractivity contribution in [2.75, 3.05) is 0 Å². The van der Waals surface area contributed by atoms with Crippen LogP contribution in [0.3, 0.4) is 0 Å². The highest BCUT2D eigenvalue weighted by atomic mass is 19.1. The molecule has 0 aliphatic heterocycles. The number of fused-ring (bicyclic) bond motifs is 2. The molecular formula is C23H14FN7O. The molecule has 0 bridgehead atoms. The first-order valence-corrected chi connectivity index (χ1v) is 9.75. The van der Waals surface area contributed by atoms with Gasteiger partial charge in [0, 0.05) is 35.3 Å². The smallest absolute Gasteiger partial charge is 0.161 e. The van der Waals surface area contributed by atoms with Crippen LogP contribution < -0.4 is 0 Å². The van der Waals surface area contributed by atoms with E-state index in [0.29, 0.717) is 28.3 Å². The fourth-order valence-electron chi connectivity index (χ4n) is 3.71. The Morgan fingerprint density at radius 2 is 1.69 bits per heavy atom. The van der Waals surface area contributed by atoms with Crippen molar-refractivity contribution in [2.24, 2.45) is 0 Å². The number of hydrogen-bond acceptors (Lipinski definition) is 6. The maximum Gasteiger partial charge on any atom is 0.161 e. The molecule has 1 aromatic carbocycles. The minimum Gasteiger partial charge on any atom is -0.506 e. The molecule has 154 valence electrons. The quantitative estimate of drug-likeness (QED) is 0.387. The molecule has 3 N–H and O–H groups in total. The van der Waals surface area contributed by atoms with Crippen molar-refractivity contribution in [3.8, 4) is 39.5 Å². The summed E-state index contributed by atoms with van der Waals surface area (Å²) >= 11 is 0. The molecule has 0 radical (unpaired) electrons. The van der Waals surface area contributed by atoms with E-state index in [1.807, 2.05) is 12.1 Å². The zero-order valence-electron chi connectivity index (χ0n) is 16.4. The Bertz CT molecular complexity index is 1600. The zero-order valence-corrected chi connectivity index (χ0v) is 16.4. The average molecular weight is 423 g/mol. The molecule has 6 rings (SSSR count). The van der Waals surface area contributed by atoms with Gasteiger partial charge in [0.25, 0.3) is 0 Å². The summed E-state index contributed by atoms with van der Waals surface area (Å²) in [6.07, 6.45) is 6.40. The number of rotatable bonds is 3. The van der Waals surface area contributed by atoms with Crippen LogP contribution in [0.15, 0.2) is 67.3 Å². The van der Waals surface area contributed by atoms with Gasteiger partial charge in [0.1, 0.15) is 22.8 Å². The van der Waals surface area contributed by atoms with Crippen LogP contribution in [0, 0.1) is 5.82 Å². The van der Waals surface area contributed by atoms with Gasteiger partial charge in [-0.1, -0.05) is 12.1 Å². The molecular weight excluding hydrogens is 409 g/mol. The molecule has 0 unspecified atom stereocenters. The molecule has 5 aromatic heterocycles. The highest BCUT2D eigenvalue weighted by Gasteiger charge is 2.17. The second-order valence-corrected chi connectivity index (χ2v) is 7.27. The van der Waals surface area contributed by atoms with Gasteiger partial charge < -0.3 is 10.1 Å². The Kier molecular flexibility index (Phi) is 3.94. The summed E-state index contributed by atoms with van der Waals surface area (Å²) in [7, 11) is 0. The topological polar surface area (TPSA) is 116 Å². The van der Waals surface area contributed by atoms with Crippen molar-refractivity contribution < 1.29 is 9.50 Å². The molecule has 0 fully saturated rings. The monoisotopic (exact) mass is 423 g/mol. The Labute approximate surface area is 179 Å². The van der Waals surface area contributed by atoms with Gasteiger partial charge in [0.2, 0.25) is 0 Å². The first-order chi connectivity index (χ1) is 15.7. The Balaban J connectivity index is 1.50. The van der Waals surface area contributed by atoms with Gasteiger partial charge in [0.05, 0.1) is 11.6 Å². The second-order valence-electron chi connectivity index (χ2n) is 7.27. The molecule has 8 nitrogen and oxygen atoms in total. The van der Waals surface area contributed by atoms with Crippen LogP contribution >= 0.6 is 0 Å². The lowest BCUT2D eigenvalue weighted by atomic mass is 10.1. The summed E-state index contributed by atoms with van der Waals surface area (Å²) in [6, 6.07) is 11.6. The zero-order chi connectivity index (χ0) is 21.7. The molecule has 6 aromatic rings. The van der Waals surface area contributed by atoms with Crippen LogP contribution in [-0.2, 0) is 0 Å². The Morgan fingerprint density at radius 3 is 2.53 bits per heavy atom. The normalized spacial score (nSPS) is 11.4. The number of halogens is 1. The van der Waals surface area contributed by atoms with E-state index in [9.17, 15) is 9.50 Å². The molecule has 0 saturated heterocycles. The summed E-state index contributed by atoms with van der Waals surface area (Å²) in [4.78, 5) is 20.8. The van der Waals surface area contributed by atoms with Crippen LogP contribution in [-0.4, -0.2) is 40.2 Å². The number of aromatic amines is 2. The van der Waals surface area contributed by atoms with Gasteiger partial charge in [-0.3, -0.25) is 10.1 Å². The standard InChI is InChI=1S/C23H14FN7O/c24-15-3-1-12(2-4-15)17-5-6-26-22-19(17)28-23(29-22)20-18-8-14(10-27-21(18)31-30-20)13-7-16(32)11-25-9-13/h1-11,32H,(H,26,28,29)(H,27,30,31). The minimum atomic E-state index is -0.296. The van der Waals surface area contributed by atoms with Crippen LogP contribution in [0.25, 0.3) is 56.0 Å². The first-order valence-electron chi connectivity index (χ1n) is 9.75. The highest BCUT2D eigenvalue weighted by Crippen LogP contribution is 2.32. The maximum atomic E-state index is 13.4. The Hall–Kier alpha value is -4.66.